The van der Waals surface area contributed by atoms with Crippen LogP contribution in [-0.2, 0) is 14.4 Å². The van der Waals surface area contributed by atoms with Crippen LogP contribution in [0.5, 0.6) is 0 Å². The minimum absolute atomic E-state index is 0.0414. The van der Waals surface area contributed by atoms with Gasteiger partial charge in [-0.2, -0.15) is 0 Å². The minimum atomic E-state index is -1.02. The molecule has 0 radical (unpaired) electrons. The normalized spacial score (nSPS) is 22.0. The number of hydrogen-bond acceptors (Lipinski definition) is 4. The summed E-state index contributed by atoms with van der Waals surface area (Å²) in [5.41, 5.74) is 0.00375. The predicted octanol–water partition coefficient (Wildman–Crippen LogP) is 1.79. The Kier molecular flexibility index (Phi) is 4.69. The quantitative estimate of drug-likeness (QED) is 0.810. The fourth-order valence-corrected chi connectivity index (χ4v) is 3.44. The molecule has 2 saturated heterocycles. The van der Waals surface area contributed by atoms with Gasteiger partial charge in [-0.3, -0.25) is 19.7 Å². The molecule has 2 aliphatic heterocycles. The van der Waals surface area contributed by atoms with Gasteiger partial charge < -0.3 is 10.0 Å². The van der Waals surface area contributed by atoms with Crippen molar-refractivity contribution >= 4 is 23.5 Å². The van der Waals surface area contributed by atoms with Crippen LogP contribution in [0.3, 0.4) is 0 Å². The Morgan fingerprint density at radius 2 is 1.72 bits per heavy atom. The number of nitrogens with one attached hydrogen (secondary N) is 1. The Labute approximate surface area is 142 Å². The Morgan fingerprint density at radius 3 is 2.24 bits per heavy atom. The maximum Gasteiger partial charge on any atom is 0.306 e. The lowest BCUT2D eigenvalue weighted by Gasteiger charge is -2.32. The summed E-state index contributed by atoms with van der Waals surface area (Å²) in [4.78, 5) is 35.8. The van der Waals surface area contributed by atoms with Gasteiger partial charge >= 0.3 is 5.97 Å². The first-order valence-electron chi connectivity index (χ1n) is 8.17. The summed E-state index contributed by atoms with van der Waals surface area (Å²) in [5, 5.41) is 11.1. The molecule has 2 heterocycles. The molecule has 1 atom stereocenters. The second kappa shape index (κ2) is 6.78. The van der Waals surface area contributed by atoms with Crippen LogP contribution in [0, 0.1) is 17.6 Å². The first-order chi connectivity index (χ1) is 11.9. The molecule has 25 heavy (non-hydrogen) atoms. The van der Waals surface area contributed by atoms with Crippen molar-refractivity contribution in [1.82, 2.24) is 5.32 Å². The third-order valence-electron chi connectivity index (χ3n) is 4.86. The highest BCUT2D eigenvalue weighted by Crippen LogP contribution is 2.33. The van der Waals surface area contributed by atoms with Crippen molar-refractivity contribution in [3.63, 3.8) is 0 Å². The number of imide groups is 1. The second-order valence-corrected chi connectivity index (χ2v) is 6.43. The van der Waals surface area contributed by atoms with Crippen molar-refractivity contribution < 1.29 is 28.3 Å². The number of piperidine rings is 2. The lowest BCUT2D eigenvalue weighted by molar-refractivity contribution is -0.142. The summed E-state index contributed by atoms with van der Waals surface area (Å²) in [6.45, 7) is 0.793. The average Bonchev–Trinajstić information content (AvgIpc) is 2.56. The van der Waals surface area contributed by atoms with Gasteiger partial charge in [0.25, 0.3) is 0 Å². The zero-order valence-electron chi connectivity index (χ0n) is 13.4. The van der Waals surface area contributed by atoms with Crippen LogP contribution in [-0.4, -0.2) is 36.0 Å². The molecule has 1 unspecified atom stereocenters. The van der Waals surface area contributed by atoms with Gasteiger partial charge in [0.05, 0.1) is 11.8 Å². The molecule has 1 aromatic carbocycles. The smallest absolute Gasteiger partial charge is 0.306 e. The predicted molar refractivity (Wildman–Crippen MR) is 84.1 cm³/mol. The fraction of sp³-hybridized carbons (Fsp3) is 0.471. The third kappa shape index (κ3) is 3.47. The maximum atomic E-state index is 14.5. The van der Waals surface area contributed by atoms with Gasteiger partial charge in [0.1, 0.15) is 11.6 Å². The number of anilines is 1. The molecule has 0 saturated carbocycles. The molecule has 0 aromatic heterocycles. The van der Waals surface area contributed by atoms with E-state index < -0.39 is 41.3 Å². The van der Waals surface area contributed by atoms with E-state index in [4.69, 9.17) is 5.11 Å². The average molecular weight is 352 g/mol. The zero-order chi connectivity index (χ0) is 18.1. The molecule has 8 heteroatoms. The topological polar surface area (TPSA) is 86.7 Å². The van der Waals surface area contributed by atoms with Crippen molar-refractivity contribution in [3.8, 4) is 0 Å². The Bertz CT molecular complexity index is 706. The Hall–Kier alpha value is -2.51. The van der Waals surface area contributed by atoms with Crippen LogP contribution in [0.2, 0.25) is 0 Å². The third-order valence-corrected chi connectivity index (χ3v) is 4.86. The van der Waals surface area contributed by atoms with Crippen LogP contribution in [0.4, 0.5) is 14.5 Å². The standard InChI is InChI=1S/C17H18F2N2O4/c18-12-7-10(21-5-3-9(4-6-21)17(24)25)8-13(19)15(12)11-1-2-14(22)20-16(11)23/h7-9,11H,1-6H2,(H,24,25)(H,20,22,23). The molecule has 2 amide bonds. The van der Waals surface area contributed by atoms with Crippen molar-refractivity contribution in [2.24, 2.45) is 5.92 Å². The van der Waals surface area contributed by atoms with Gasteiger partial charge in [-0.1, -0.05) is 0 Å². The first kappa shape index (κ1) is 17.3. The molecular formula is C17H18F2N2O4. The first-order valence-corrected chi connectivity index (χ1v) is 8.17. The SMILES string of the molecule is O=C1CCC(c2c(F)cc(N3CCC(C(=O)O)CC3)cc2F)C(=O)N1. The summed E-state index contributed by atoms with van der Waals surface area (Å²) in [6, 6.07) is 2.34. The molecule has 3 rings (SSSR count). The van der Waals surface area contributed by atoms with Crippen LogP contribution >= 0.6 is 0 Å². The van der Waals surface area contributed by atoms with Crippen LogP contribution in [0.15, 0.2) is 12.1 Å². The number of nitrogens with zero attached hydrogens (tertiary/aromatic N) is 1. The number of aliphatic carboxylic acids is 1. The molecule has 2 N–H and O–H groups in total. The minimum Gasteiger partial charge on any atom is -0.481 e. The molecule has 2 fully saturated rings. The number of amides is 2. The van der Waals surface area contributed by atoms with Gasteiger partial charge in [-0.15, -0.1) is 0 Å². The number of carboxylic acid groups (broad SMARTS) is 1. The van der Waals surface area contributed by atoms with Gasteiger partial charge in [0.2, 0.25) is 11.8 Å². The van der Waals surface area contributed by atoms with E-state index in [1.807, 2.05) is 0 Å². The molecule has 2 aliphatic rings. The number of carboxylic acids is 1. The molecule has 0 bridgehead atoms. The van der Waals surface area contributed by atoms with Gasteiger partial charge in [0.15, 0.2) is 0 Å². The number of carbonyl (C=O) groups is 3. The summed E-state index contributed by atoms with van der Waals surface area (Å²) in [6.07, 6.45) is 0.933. The summed E-state index contributed by atoms with van der Waals surface area (Å²) < 4.78 is 29.0. The molecule has 1 aromatic rings. The van der Waals surface area contributed by atoms with E-state index in [-0.39, 0.29) is 18.4 Å². The largest absolute Gasteiger partial charge is 0.481 e. The maximum absolute atomic E-state index is 14.5. The van der Waals surface area contributed by atoms with E-state index >= 15 is 0 Å². The number of hydrogen-bond donors (Lipinski definition) is 2. The van der Waals surface area contributed by atoms with E-state index in [0.717, 1.165) is 0 Å². The Morgan fingerprint density at radius 1 is 1.12 bits per heavy atom. The Balaban J connectivity index is 1.80. The number of benzene rings is 1. The van der Waals surface area contributed by atoms with E-state index in [9.17, 15) is 23.2 Å². The molecule has 0 aliphatic carbocycles. The summed E-state index contributed by atoms with van der Waals surface area (Å²) in [5.74, 6) is -5.11. The van der Waals surface area contributed by atoms with Crippen molar-refractivity contribution in [2.75, 3.05) is 18.0 Å². The molecule has 134 valence electrons. The summed E-state index contributed by atoms with van der Waals surface area (Å²) >= 11 is 0. The zero-order valence-corrected chi connectivity index (χ0v) is 13.4. The van der Waals surface area contributed by atoms with Crippen LogP contribution in [0.1, 0.15) is 37.2 Å². The van der Waals surface area contributed by atoms with Crippen molar-refractivity contribution in [2.45, 2.75) is 31.6 Å². The molecular weight excluding hydrogens is 334 g/mol. The highest BCUT2D eigenvalue weighted by molar-refractivity contribution is 6.01. The van der Waals surface area contributed by atoms with Crippen LogP contribution < -0.4 is 10.2 Å². The number of carbonyl (C=O) groups excluding carboxylic acids is 2. The van der Waals surface area contributed by atoms with E-state index in [0.29, 0.717) is 31.6 Å². The lowest BCUT2D eigenvalue weighted by Crippen LogP contribution is -2.40. The molecule has 6 nitrogen and oxygen atoms in total. The highest BCUT2D eigenvalue weighted by atomic mass is 19.1. The van der Waals surface area contributed by atoms with E-state index in [1.165, 1.54) is 12.1 Å². The van der Waals surface area contributed by atoms with Gasteiger partial charge in [0, 0.05) is 30.8 Å². The van der Waals surface area contributed by atoms with Crippen molar-refractivity contribution in [1.29, 1.82) is 0 Å². The van der Waals surface area contributed by atoms with Gasteiger partial charge in [-0.25, -0.2) is 8.78 Å². The van der Waals surface area contributed by atoms with Crippen LogP contribution in [0.25, 0.3) is 0 Å². The lowest BCUT2D eigenvalue weighted by atomic mass is 9.89. The number of rotatable bonds is 3. The van der Waals surface area contributed by atoms with E-state index in [2.05, 4.69) is 5.32 Å². The number of halogens is 2. The fourth-order valence-electron chi connectivity index (χ4n) is 3.44. The monoisotopic (exact) mass is 352 g/mol. The van der Waals surface area contributed by atoms with Crippen molar-refractivity contribution in [3.05, 3.63) is 29.3 Å². The second-order valence-electron chi connectivity index (χ2n) is 6.43. The van der Waals surface area contributed by atoms with E-state index in [1.54, 1.807) is 4.90 Å². The highest BCUT2D eigenvalue weighted by Gasteiger charge is 2.33. The van der Waals surface area contributed by atoms with Gasteiger partial charge in [-0.05, 0) is 31.4 Å². The molecule has 0 spiro atoms. The summed E-state index contributed by atoms with van der Waals surface area (Å²) in [7, 11) is 0.